The first-order chi connectivity index (χ1) is 4.68. The quantitative estimate of drug-likeness (QED) is 0.472. The lowest BCUT2D eigenvalue weighted by atomic mass is 10.1. The van der Waals surface area contributed by atoms with Crippen molar-refractivity contribution in [2.75, 3.05) is 0 Å². The van der Waals surface area contributed by atoms with E-state index in [1.807, 2.05) is 0 Å². The zero-order chi connectivity index (χ0) is 7.98. The summed E-state index contributed by atoms with van der Waals surface area (Å²) >= 11 is 0. The minimum absolute atomic E-state index is 0.427. The van der Waals surface area contributed by atoms with Crippen molar-refractivity contribution >= 4 is 6.29 Å². The maximum atomic E-state index is 9.83. The fourth-order valence-electron chi connectivity index (χ4n) is 0.439. The Bertz CT molecular complexity index is 118. The van der Waals surface area contributed by atoms with Crippen LogP contribution in [0, 0.1) is 5.92 Å². The van der Waals surface area contributed by atoms with Gasteiger partial charge in [0, 0.05) is 6.04 Å². The molecular weight excluding hydrogens is 126 g/mol. The van der Waals surface area contributed by atoms with Crippen LogP contribution in [-0.4, -0.2) is 12.3 Å². The van der Waals surface area contributed by atoms with Crippen LogP contribution in [0.3, 0.4) is 0 Å². The van der Waals surface area contributed by atoms with Gasteiger partial charge in [-0.25, -0.2) is 0 Å². The van der Waals surface area contributed by atoms with Crippen LogP contribution in [0.15, 0.2) is 12.3 Å². The molecule has 0 saturated heterocycles. The molecule has 0 amide bonds. The Kier molecular flexibility index (Phi) is 4.63. The van der Waals surface area contributed by atoms with Crippen molar-refractivity contribution in [3.63, 3.8) is 0 Å². The number of carbonyl (C=O) groups excluding carboxylic acids is 1. The van der Waals surface area contributed by atoms with Gasteiger partial charge in [0.2, 0.25) is 0 Å². The van der Waals surface area contributed by atoms with Crippen molar-refractivity contribution in [1.29, 1.82) is 0 Å². The minimum atomic E-state index is 0.427. The summed E-state index contributed by atoms with van der Waals surface area (Å²) in [5.41, 5.74) is 0. The van der Waals surface area contributed by atoms with E-state index in [0.717, 1.165) is 6.29 Å². The molecule has 10 heavy (non-hydrogen) atoms. The molecular formula is C8H15NO. The molecule has 0 rings (SSSR count). The van der Waals surface area contributed by atoms with Crippen molar-refractivity contribution in [1.82, 2.24) is 5.32 Å². The SMILES string of the molecule is CC(C)[C@H](C)NC=CC=O. The molecule has 0 saturated carbocycles. The molecule has 0 bridgehead atoms. The van der Waals surface area contributed by atoms with E-state index in [0.29, 0.717) is 12.0 Å². The second kappa shape index (κ2) is 5.03. The topological polar surface area (TPSA) is 29.1 Å². The molecule has 0 aromatic heterocycles. The molecule has 58 valence electrons. The Morgan fingerprint density at radius 1 is 1.30 bits per heavy atom. The van der Waals surface area contributed by atoms with Gasteiger partial charge in [-0.15, -0.1) is 0 Å². The molecule has 0 spiro atoms. The molecule has 0 aromatic carbocycles. The van der Waals surface area contributed by atoms with Crippen molar-refractivity contribution < 1.29 is 4.79 Å². The smallest absolute Gasteiger partial charge is 0.144 e. The van der Waals surface area contributed by atoms with Gasteiger partial charge in [-0.1, -0.05) is 13.8 Å². The highest BCUT2D eigenvalue weighted by molar-refractivity contribution is 5.64. The third kappa shape index (κ3) is 4.13. The van der Waals surface area contributed by atoms with Gasteiger partial charge in [0.15, 0.2) is 0 Å². The van der Waals surface area contributed by atoms with Gasteiger partial charge in [-0.05, 0) is 25.1 Å². The zero-order valence-corrected chi connectivity index (χ0v) is 6.79. The van der Waals surface area contributed by atoms with E-state index in [4.69, 9.17) is 0 Å². The van der Waals surface area contributed by atoms with E-state index in [1.165, 1.54) is 6.08 Å². The van der Waals surface area contributed by atoms with Crippen molar-refractivity contribution in [3.05, 3.63) is 12.3 Å². The fourth-order valence-corrected chi connectivity index (χ4v) is 0.439. The second-order valence-corrected chi connectivity index (χ2v) is 2.69. The molecule has 0 aromatic rings. The van der Waals surface area contributed by atoms with Crippen molar-refractivity contribution in [2.45, 2.75) is 26.8 Å². The Balaban J connectivity index is 3.48. The third-order valence-corrected chi connectivity index (χ3v) is 1.53. The summed E-state index contributed by atoms with van der Waals surface area (Å²) in [6.07, 6.45) is 3.90. The van der Waals surface area contributed by atoms with Crippen LogP contribution in [0.25, 0.3) is 0 Å². The molecule has 0 fully saturated rings. The van der Waals surface area contributed by atoms with E-state index in [9.17, 15) is 4.79 Å². The molecule has 0 heterocycles. The van der Waals surface area contributed by atoms with E-state index in [1.54, 1.807) is 6.20 Å². The standard InChI is InChI=1S/C8H15NO/c1-7(2)8(3)9-5-4-6-10/h4-9H,1-3H3/t8-/m0/s1. The number of carbonyl (C=O) groups is 1. The number of aldehydes is 1. The first-order valence-electron chi connectivity index (χ1n) is 3.55. The number of hydrogen-bond donors (Lipinski definition) is 1. The lowest BCUT2D eigenvalue weighted by Gasteiger charge is -2.14. The van der Waals surface area contributed by atoms with E-state index in [2.05, 4.69) is 26.1 Å². The number of nitrogens with one attached hydrogen (secondary N) is 1. The number of rotatable bonds is 4. The van der Waals surface area contributed by atoms with Crippen LogP contribution in [0.5, 0.6) is 0 Å². The Hall–Kier alpha value is -0.790. The van der Waals surface area contributed by atoms with Crippen LogP contribution in [0.1, 0.15) is 20.8 Å². The van der Waals surface area contributed by atoms with Gasteiger partial charge < -0.3 is 5.32 Å². The molecule has 1 atom stereocenters. The maximum Gasteiger partial charge on any atom is 0.144 e. The summed E-state index contributed by atoms with van der Waals surface area (Å²) < 4.78 is 0. The van der Waals surface area contributed by atoms with Gasteiger partial charge in [-0.3, -0.25) is 4.79 Å². The number of hydrogen-bond acceptors (Lipinski definition) is 2. The average Bonchev–Trinajstić information content (AvgIpc) is 1.88. The highest BCUT2D eigenvalue weighted by atomic mass is 16.1. The van der Waals surface area contributed by atoms with Crippen LogP contribution in [-0.2, 0) is 4.79 Å². The van der Waals surface area contributed by atoms with Gasteiger partial charge in [0.25, 0.3) is 0 Å². The van der Waals surface area contributed by atoms with Crippen LogP contribution in [0.2, 0.25) is 0 Å². The first-order valence-corrected chi connectivity index (χ1v) is 3.55. The molecule has 2 nitrogen and oxygen atoms in total. The zero-order valence-electron chi connectivity index (χ0n) is 6.79. The van der Waals surface area contributed by atoms with Gasteiger partial charge >= 0.3 is 0 Å². The molecule has 1 N–H and O–H groups in total. The molecule has 0 aliphatic heterocycles. The van der Waals surface area contributed by atoms with Gasteiger partial charge in [0.1, 0.15) is 6.29 Å². The summed E-state index contributed by atoms with van der Waals surface area (Å²) in [4.78, 5) is 9.83. The summed E-state index contributed by atoms with van der Waals surface area (Å²) in [5, 5.41) is 3.07. The van der Waals surface area contributed by atoms with Crippen LogP contribution < -0.4 is 5.32 Å². The summed E-state index contributed by atoms with van der Waals surface area (Å²) in [5.74, 6) is 0.594. The Morgan fingerprint density at radius 2 is 1.90 bits per heavy atom. The maximum absolute atomic E-state index is 9.83. The molecule has 2 heteroatoms. The highest BCUT2D eigenvalue weighted by Crippen LogP contribution is 1.98. The van der Waals surface area contributed by atoms with Crippen LogP contribution in [0.4, 0.5) is 0 Å². The predicted octanol–water partition coefficient (Wildman–Crippen LogP) is 1.33. The monoisotopic (exact) mass is 141 g/mol. The average molecular weight is 141 g/mol. The molecule has 0 aliphatic carbocycles. The van der Waals surface area contributed by atoms with E-state index < -0.39 is 0 Å². The summed E-state index contributed by atoms with van der Waals surface area (Å²) in [7, 11) is 0. The third-order valence-electron chi connectivity index (χ3n) is 1.53. The summed E-state index contributed by atoms with van der Waals surface area (Å²) in [6.45, 7) is 6.35. The Labute approximate surface area is 62.3 Å². The van der Waals surface area contributed by atoms with Crippen LogP contribution >= 0.6 is 0 Å². The largest absolute Gasteiger partial charge is 0.388 e. The lowest BCUT2D eigenvalue weighted by Crippen LogP contribution is -2.25. The normalized spacial score (nSPS) is 14.0. The lowest BCUT2D eigenvalue weighted by molar-refractivity contribution is -0.104. The molecule has 0 radical (unpaired) electrons. The second-order valence-electron chi connectivity index (χ2n) is 2.69. The summed E-state index contributed by atoms with van der Waals surface area (Å²) in [6, 6.07) is 0.427. The van der Waals surface area contributed by atoms with E-state index >= 15 is 0 Å². The van der Waals surface area contributed by atoms with Gasteiger partial charge in [-0.2, -0.15) is 0 Å². The van der Waals surface area contributed by atoms with Gasteiger partial charge in [0.05, 0.1) is 0 Å². The Morgan fingerprint density at radius 3 is 2.30 bits per heavy atom. The number of allylic oxidation sites excluding steroid dienone is 1. The predicted molar refractivity (Wildman–Crippen MR) is 42.6 cm³/mol. The molecule has 0 unspecified atom stereocenters. The first kappa shape index (κ1) is 9.21. The fraction of sp³-hybridized carbons (Fsp3) is 0.625. The van der Waals surface area contributed by atoms with Crippen molar-refractivity contribution in [3.8, 4) is 0 Å². The highest BCUT2D eigenvalue weighted by Gasteiger charge is 2.01. The van der Waals surface area contributed by atoms with E-state index in [-0.39, 0.29) is 0 Å². The minimum Gasteiger partial charge on any atom is -0.388 e. The molecule has 0 aliphatic rings. The van der Waals surface area contributed by atoms with Crippen molar-refractivity contribution in [2.24, 2.45) is 5.92 Å².